The second-order valence-electron chi connectivity index (χ2n) is 7.63. The van der Waals surface area contributed by atoms with E-state index in [1.54, 1.807) is 6.07 Å². The molecule has 0 unspecified atom stereocenters. The molecule has 1 heterocycles. The molecule has 0 aliphatic carbocycles. The Morgan fingerprint density at radius 3 is 2.37 bits per heavy atom. The number of hydrogen-bond donors (Lipinski definition) is 1. The van der Waals surface area contributed by atoms with E-state index in [2.05, 4.69) is 45.5 Å². The van der Waals surface area contributed by atoms with Crippen LogP contribution in [0, 0.1) is 0 Å². The molecular formula is C25H22N4O. The van der Waals surface area contributed by atoms with E-state index < -0.39 is 0 Å². The van der Waals surface area contributed by atoms with Crippen molar-refractivity contribution in [1.82, 2.24) is 15.0 Å². The van der Waals surface area contributed by atoms with Crippen LogP contribution in [0.1, 0.15) is 17.2 Å². The fourth-order valence-electron chi connectivity index (χ4n) is 4.03. The number of benzene rings is 4. The third-order valence-corrected chi connectivity index (χ3v) is 5.57. The fourth-order valence-corrected chi connectivity index (χ4v) is 4.03. The van der Waals surface area contributed by atoms with E-state index in [9.17, 15) is 5.11 Å². The minimum absolute atomic E-state index is 0.245. The maximum Gasteiger partial charge on any atom is 0.121 e. The number of phenolic OH excluding ortho intramolecular Hbond substituents is 1. The summed E-state index contributed by atoms with van der Waals surface area (Å²) in [7, 11) is 4.04. The van der Waals surface area contributed by atoms with Crippen LogP contribution >= 0.6 is 0 Å². The first kappa shape index (κ1) is 18.2. The second-order valence-corrected chi connectivity index (χ2v) is 7.63. The van der Waals surface area contributed by atoms with E-state index in [1.807, 2.05) is 67.3 Å². The first-order valence-electron chi connectivity index (χ1n) is 9.91. The van der Waals surface area contributed by atoms with E-state index >= 15 is 0 Å². The largest absolute Gasteiger partial charge is 0.508 e. The highest BCUT2D eigenvalue weighted by Gasteiger charge is 2.25. The van der Waals surface area contributed by atoms with Crippen LogP contribution in [0.15, 0.2) is 84.9 Å². The summed E-state index contributed by atoms with van der Waals surface area (Å²) in [6.45, 7) is 0. The molecule has 1 aromatic heterocycles. The van der Waals surface area contributed by atoms with Crippen molar-refractivity contribution in [2.45, 2.75) is 6.04 Å². The zero-order valence-corrected chi connectivity index (χ0v) is 16.9. The van der Waals surface area contributed by atoms with Crippen LogP contribution in [0.25, 0.3) is 21.8 Å². The van der Waals surface area contributed by atoms with Gasteiger partial charge in [0.05, 0.1) is 5.52 Å². The standard InChI is InChI=1S/C25H22N4O/c1-28(2)19-14-11-18(12-15-19)25(29-22-10-6-5-9-21(22)26-27-29)24-20-8-4-3-7-17(20)13-16-23(24)30/h3-16,25,30H,1-2H3/t25-/m1/s1. The first-order valence-corrected chi connectivity index (χ1v) is 9.91. The summed E-state index contributed by atoms with van der Waals surface area (Å²) in [6.07, 6.45) is 0. The maximum atomic E-state index is 11.0. The lowest BCUT2D eigenvalue weighted by Crippen LogP contribution is -2.15. The third kappa shape index (κ3) is 2.95. The summed E-state index contributed by atoms with van der Waals surface area (Å²) in [4.78, 5) is 2.07. The minimum atomic E-state index is -0.320. The van der Waals surface area contributed by atoms with Crippen molar-refractivity contribution in [3.05, 3.63) is 96.1 Å². The molecule has 0 aliphatic rings. The van der Waals surface area contributed by atoms with Gasteiger partial charge in [-0.3, -0.25) is 0 Å². The molecule has 0 amide bonds. The van der Waals surface area contributed by atoms with Gasteiger partial charge in [0, 0.05) is 25.3 Å². The Hall–Kier alpha value is -3.86. The molecule has 0 saturated carbocycles. The summed E-state index contributed by atoms with van der Waals surface area (Å²) in [5, 5.41) is 21.9. The molecule has 30 heavy (non-hydrogen) atoms. The molecular weight excluding hydrogens is 372 g/mol. The van der Waals surface area contributed by atoms with Crippen molar-refractivity contribution >= 4 is 27.5 Å². The average molecular weight is 394 g/mol. The molecule has 1 atom stereocenters. The topological polar surface area (TPSA) is 54.2 Å². The first-order chi connectivity index (χ1) is 14.6. The van der Waals surface area contributed by atoms with E-state index in [1.165, 1.54) is 0 Å². The van der Waals surface area contributed by atoms with Gasteiger partial charge in [-0.2, -0.15) is 0 Å². The van der Waals surface area contributed by atoms with Gasteiger partial charge in [-0.25, -0.2) is 4.68 Å². The lowest BCUT2D eigenvalue weighted by atomic mass is 9.92. The Bertz CT molecular complexity index is 1340. The van der Waals surface area contributed by atoms with Gasteiger partial charge < -0.3 is 10.0 Å². The van der Waals surface area contributed by atoms with Crippen LogP contribution in [0.3, 0.4) is 0 Å². The highest BCUT2D eigenvalue weighted by Crippen LogP contribution is 2.39. The summed E-state index contributed by atoms with van der Waals surface area (Å²) in [6, 6.07) is 27.8. The number of nitrogens with zero attached hydrogens (tertiary/aromatic N) is 4. The number of anilines is 1. The molecule has 5 aromatic rings. The van der Waals surface area contributed by atoms with Gasteiger partial charge in [-0.05, 0) is 46.7 Å². The molecule has 4 aromatic carbocycles. The number of phenols is 1. The molecule has 0 bridgehead atoms. The van der Waals surface area contributed by atoms with Gasteiger partial charge >= 0.3 is 0 Å². The van der Waals surface area contributed by atoms with E-state index in [4.69, 9.17) is 0 Å². The number of fused-ring (bicyclic) bond motifs is 2. The molecule has 0 aliphatic heterocycles. The number of aromatic nitrogens is 3. The summed E-state index contributed by atoms with van der Waals surface area (Å²) in [5.74, 6) is 0.245. The van der Waals surface area contributed by atoms with Crippen LogP contribution in [0.2, 0.25) is 0 Å². The molecule has 5 rings (SSSR count). The monoisotopic (exact) mass is 394 g/mol. The molecule has 1 N–H and O–H groups in total. The van der Waals surface area contributed by atoms with Crippen LogP contribution in [0.5, 0.6) is 5.75 Å². The lowest BCUT2D eigenvalue weighted by Gasteiger charge is -2.23. The van der Waals surface area contributed by atoms with E-state index in [0.29, 0.717) is 0 Å². The number of aromatic hydroxyl groups is 1. The number of hydrogen-bond acceptors (Lipinski definition) is 4. The fraction of sp³-hybridized carbons (Fsp3) is 0.120. The van der Waals surface area contributed by atoms with Crippen molar-refractivity contribution in [2.75, 3.05) is 19.0 Å². The Morgan fingerprint density at radius 1 is 0.833 bits per heavy atom. The number of rotatable bonds is 4. The highest BCUT2D eigenvalue weighted by molar-refractivity contribution is 5.89. The average Bonchev–Trinajstić information content (AvgIpc) is 3.20. The van der Waals surface area contributed by atoms with Gasteiger partial charge in [-0.1, -0.05) is 59.8 Å². The molecule has 0 spiro atoms. The Morgan fingerprint density at radius 2 is 1.57 bits per heavy atom. The predicted octanol–water partition coefficient (Wildman–Crippen LogP) is 4.99. The second kappa shape index (κ2) is 7.19. The summed E-state index contributed by atoms with van der Waals surface area (Å²) in [5.41, 5.74) is 4.71. The molecule has 0 radical (unpaired) electrons. The molecule has 5 nitrogen and oxygen atoms in total. The predicted molar refractivity (Wildman–Crippen MR) is 121 cm³/mol. The molecule has 0 saturated heterocycles. The smallest absolute Gasteiger partial charge is 0.121 e. The Kier molecular flexibility index (Phi) is 4.36. The van der Waals surface area contributed by atoms with Crippen molar-refractivity contribution < 1.29 is 5.11 Å². The van der Waals surface area contributed by atoms with Crippen molar-refractivity contribution in [2.24, 2.45) is 0 Å². The summed E-state index contributed by atoms with van der Waals surface area (Å²) >= 11 is 0. The van der Waals surface area contributed by atoms with Gasteiger partial charge in [0.2, 0.25) is 0 Å². The van der Waals surface area contributed by atoms with Gasteiger partial charge in [0.25, 0.3) is 0 Å². The maximum absolute atomic E-state index is 11.0. The molecule has 0 fully saturated rings. The lowest BCUT2D eigenvalue weighted by molar-refractivity contribution is 0.457. The van der Waals surface area contributed by atoms with Crippen LogP contribution in [-0.4, -0.2) is 34.2 Å². The third-order valence-electron chi connectivity index (χ3n) is 5.57. The van der Waals surface area contributed by atoms with Crippen molar-refractivity contribution in [3.63, 3.8) is 0 Å². The van der Waals surface area contributed by atoms with Crippen LogP contribution in [-0.2, 0) is 0 Å². The van der Waals surface area contributed by atoms with E-state index in [0.717, 1.165) is 38.6 Å². The quantitative estimate of drug-likeness (QED) is 0.466. The minimum Gasteiger partial charge on any atom is -0.508 e. The highest BCUT2D eigenvalue weighted by atomic mass is 16.3. The zero-order valence-electron chi connectivity index (χ0n) is 16.9. The van der Waals surface area contributed by atoms with Crippen LogP contribution in [0.4, 0.5) is 5.69 Å². The van der Waals surface area contributed by atoms with Gasteiger partial charge in [0.15, 0.2) is 0 Å². The van der Waals surface area contributed by atoms with Crippen molar-refractivity contribution in [1.29, 1.82) is 0 Å². The zero-order chi connectivity index (χ0) is 20.7. The Labute approximate surface area is 174 Å². The normalized spacial score (nSPS) is 12.3. The van der Waals surface area contributed by atoms with E-state index in [-0.39, 0.29) is 11.8 Å². The SMILES string of the molecule is CN(C)c1ccc([C@H](c2c(O)ccc3ccccc23)n2nnc3ccccc32)cc1. The van der Waals surface area contributed by atoms with Gasteiger partial charge in [0.1, 0.15) is 17.3 Å². The Balaban J connectivity index is 1.81. The summed E-state index contributed by atoms with van der Waals surface area (Å²) < 4.78 is 1.90. The van der Waals surface area contributed by atoms with Crippen molar-refractivity contribution in [3.8, 4) is 5.75 Å². The molecule has 5 heteroatoms. The number of para-hydroxylation sites is 1. The van der Waals surface area contributed by atoms with Gasteiger partial charge in [-0.15, -0.1) is 5.10 Å². The molecule has 148 valence electrons. The van der Waals surface area contributed by atoms with Crippen LogP contribution < -0.4 is 4.90 Å².